The maximum Gasteiger partial charge on any atom is 0.317 e. The third-order valence-electron chi connectivity index (χ3n) is 6.34. The second kappa shape index (κ2) is 9.04. The number of hydrogen-bond donors (Lipinski definition) is 2. The molecule has 7 nitrogen and oxygen atoms in total. The van der Waals surface area contributed by atoms with Crippen molar-refractivity contribution in [1.29, 1.82) is 0 Å². The Morgan fingerprint density at radius 1 is 0.962 bits per heavy atom. The standard InChI is InChI=1S/C19H34N4O3/c1-21-9-11-22(12-10-21)17-7-2-3-8-23(14-17)19(26)20-16-6-4-5-15(13-16)18(24)25/h15-17H,2-14H2,1H3,(H,20,26)(H,24,25)/t15-,16+,17?/m0/s1. The molecule has 0 aromatic heterocycles. The molecule has 26 heavy (non-hydrogen) atoms. The minimum atomic E-state index is -0.728. The molecule has 3 aliphatic rings. The number of aliphatic carboxylic acids is 1. The van der Waals surface area contributed by atoms with Gasteiger partial charge in [-0.15, -0.1) is 0 Å². The smallest absolute Gasteiger partial charge is 0.317 e. The summed E-state index contributed by atoms with van der Waals surface area (Å²) in [6, 6.07) is 0.458. The van der Waals surface area contributed by atoms with Crippen molar-refractivity contribution in [3.63, 3.8) is 0 Å². The van der Waals surface area contributed by atoms with Crippen LogP contribution in [0.15, 0.2) is 0 Å². The van der Waals surface area contributed by atoms with Gasteiger partial charge in [0.05, 0.1) is 5.92 Å². The van der Waals surface area contributed by atoms with Gasteiger partial charge in [0, 0.05) is 51.4 Å². The van der Waals surface area contributed by atoms with Crippen molar-refractivity contribution in [1.82, 2.24) is 20.0 Å². The lowest BCUT2D eigenvalue weighted by molar-refractivity contribution is -0.143. The minimum absolute atomic E-state index is 0.00191. The van der Waals surface area contributed by atoms with E-state index in [1.54, 1.807) is 0 Å². The monoisotopic (exact) mass is 366 g/mol. The number of rotatable bonds is 3. The zero-order chi connectivity index (χ0) is 18.5. The van der Waals surface area contributed by atoms with Crippen LogP contribution in [0, 0.1) is 5.92 Å². The van der Waals surface area contributed by atoms with Gasteiger partial charge in [-0.25, -0.2) is 4.79 Å². The van der Waals surface area contributed by atoms with Crippen LogP contribution >= 0.6 is 0 Å². The van der Waals surface area contributed by atoms with E-state index >= 15 is 0 Å². The number of carbonyl (C=O) groups is 2. The molecular weight excluding hydrogens is 332 g/mol. The fraction of sp³-hybridized carbons (Fsp3) is 0.895. The van der Waals surface area contributed by atoms with Crippen LogP contribution in [0.25, 0.3) is 0 Å². The highest BCUT2D eigenvalue weighted by molar-refractivity contribution is 5.75. The Kier molecular flexibility index (Phi) is 6.75. The number of carboxylic acids is 1. The van der Waals surface area contributed by atoms with Gasteiger partial charge in [-0.2, -0.15) is 0 Å². The molecule has 0 aromatic rings. The Labute approximate surface area is 156 Å². The quantitative estimate of drug-likeness (QED) is 0.790. The van der Waals surface area contributed by atoms with Gasteiger partial charge >= 0.3 is 12.0 Å². The first-order valence-corrected chi connectivity index (χ1v) is 10.2. The number of hydrogen-bond acceptors (Lipinski definition) is 4. The van der Waals surface area contributed by atoms with E-state index in [9.17, 15) is 14.7 Å². The predicted molar refractivity (Wildman–Crippen MR) is 100 cm³/mol. The van der Waals surface area contributed by atoms with Crippen molar-refractivity contribution in [2.24, 2.45) is 5.92 Å². The van der Waals surface area contributed by atoms with Gasteiger partial charge < -0.3 is 20.2 Å². The van der Waals surface area contributed by atoms with Gasteiger partial charge in [-0.3, -0.25) is 9.69 Å². The highest BCUT2D eigenvalue weighted by atomic mass is 16.4. The number of likely N-dealkylation sites (N-methyl/N-ethyl adjacent to an activating group) is 1. The first-order chi connectivity index (χ1) is 12.5. The summed E-state index contributed by atoms with van der Waals surface area (Å²) in [7, 11) is 2.17. The number of urea groups is 1. The Bertz CT molecular complexity index is 493. The summed E-state index contributed by atoms with van der Waals surface area (Å²) in [6.07, 6.45) is 6.47. The highest BCUT2D eigenvalue weighted by Crippen LogP contribution is 2.25. The van der Waals surface area contributed by atoms with Crippen LogP contribution in [0.5, 0.6) is 0 Å². The van der Waals surface area contributed by atoms with Crippen molar-refractivity contribution in [2.75, 3.05) is 46.3 Å². The van der Waals surface area contributed by atoms with E-state index in [1.165, 1.54) is 6.42 Å². The first kappa shape index (κ1) is 19.4. The molecule has 7 heteroatoms. The summed E-state index contributed by atoms with van der Waals surface area (Å²) in [4.78, 5) is 30.9. The van der Waals surface area contributed by atoms with Crippen molar-refractivity contribution in [3.05, 3.63) is 0 Å². The minimum Gasteiger partial charge on any atom is -0.481 e. The van der Waals surface area contributed by atoms with Crippen molar-refractivity contribution < 1.29 is 14.7 Å². The van der Waals surface area contributed by atoms with Crippen LogP contribution in [0.4, 0.5) is 4.79 Å². The maximum atomic E-state index is 12.8. The van der Waals surface area contributed by atoms with Crippen molar-refractivity contribution in [3.8, 4) is 0 Å². The fourth-order valence-corrected chi connectivity index (χ4v) is 4.60. The molecule has 2 aliphatic heterocycles. The number of piperazine rings is 1. The van der Waals surface area contributed by atoms with E-state index in [4.69, 9.17) is 0 Å². The van der Waals surface area contributed by atoms with E-state index in [0.29, 0.717) is 12.5 Å². The van der Waals surface area contributed by atoms with E-state index in [0.717, 1.165) is 71.4 Å². The van der Waals surface area contributed by atoms with E-state index in [2.05, 4.69) is 22.2 Å². The second-order valence-corrected chi connectivity index (χ2v) is 8.28. The molecule has 1 unspecified atom stereocenters. The van der Waals surface area contributed by atoms with Gasteiger partial charge in [-0.1, -0.05) is 12.8 Å². The van der Waals surface area contributed by atoms with E-state index in [1.807, 2.05) is 4.90 Å². The number of nitrogens with zero attached hydrogens (tertiary/aromatic N) is 3. The van der Waals surface area contributed by atoms with Crippen molar-refractivity contribution in [2.45, 2.75) is 57.0 Å². The average molecular weight is 367 g/mol. The molecule has 0 bridgehead atoms. The summed E-state index contributed by atoms with van der Waals surface area (Å²) in [6.45, 7) is 5.97. The summed E-state index contributed by atoms with van der Waals surface area (Å²) in [5.41, 5.74) is 0. The van der Waals surface area contributed by atoms with Crippen LogP contribution < -0.4 is 5.32 Å². The molecule has 0 radical (unpaired) electrons. The molecule has 2 amide bonds. The zero-order valence-electron chi connectivity index (χ0n) is 16.0. The highest BCUT2D eigenvalue weighted by Gasteiger charge is 2.31. The van der Waals surface area contributed by atoms with Gasteiger partial charge in [0.25, 0.3) is 0 Å². The Morgan fingerprint density at radius 3 is 2.46 bits per heavy atom. The third kappa shape index (κ3) is 5.10. The zero-order valence-corrected chi connectivity index (χ0v) is 16.0. The number of nitrogens with one attached hydrogen (secondary N) is 1. The Balaban J connectivity index is 1.53. The molecule has 148 valence electrons. The van der Waals surface area contributed by atoms with E-state index < -0.39 is 5.97 Å². The lowest BCUT2D eigenvalue weighted by atomic mass is 9.86. The normalized spacial score (nSPS) is 32.0. The lowest BCUT2D eigenvalue weighted by Gasteiger charge is -2.39. The largest absolute Gasteiger partial charge is 0.481 e. The topological polar surface area (TPSA) is 76.1 Å². The van der Waals surface area contributed by atoms with E-state index in [-0.39, 0.29) is 18.0 Å². The third-order valence-corrected chi connectivity index (χ3v) is 6.34. The summed E-state index contributed by atoms with van der Waals surface area (Å²) >= 11 is 0. The molecule has 3 rings (SSSR count). The Hall–Kier alpha value is -1.34. The average Bonchev–Trinajstić information content (AvgIpc) is 2.89. The summed E-state index contributed by atoms with van der Waals surface area (Å²) in [5, 5.41) is 12.4. The molecular formula is C19H34N4O3. The molecule has 3 fully saturated rings. The van der Waals surface area contributed by atoms with Crippen LogP contribution in [-0.2, 0) is 4.79 Å². The lowest BCUT2D eigenvalue weighted by Crippen LogP contribution is -2.54. The first-order valence-electron chi connectivity index (χ1n) is 10.2. The van der Waals surface area contributed by atoms with Gasteiger partial charge in [0.2, 0.25) is 0 Å². The molecule has 1 aliphatic carbocycles. The van der Waals surface area contributed by atoms with Gasteiger partial charge in [-0.05, 0) is 39.2 Å². The molecule has 0 spiro atoms. The SMILES string of the molecule is CN1CCN(C2CCCCN(C(=O)N[C@@H]3CCC[C@H](C(=O)O)C3)C2)CC1. The Morgan fingerprint density at radius 2 is 1.73 bits per heavy atom. The molecule has 1 saturated carbocycles. The van der Waals surface area contributed by atoms with Crippen LogP contribution in [-0.4, -0.2) is 90.2 Å². The number of carboxylic acid groups (broad SMARTS) is 1. The molecule has 2 heterocycles. The van der Waals surface area contributed by atoms with Crippen LogP contribution in [0.2, 0.25) is 0 Å². The molecule has 2 saturated heterocycles. The predicted octanol–water partition coefficient (Wildman–Crippen LogP) is 1.44. The fourth-order valence-electron chi connectivity index (χ4n) is 4.60. The second-order valence-electron chi connectivity index (χ2n) is 8.28. The van der Waals surface area contributed by atoms with Gasteiger partial charge in [0.1, 0.15) is 0 Å². The van der Waals surface area contributed by atoms with Crippen molar-refractivity contribution >= 4 is 12.0 Å². The number of amides is 2. The molecule has 0 aromatic carbocycles. The number of carbonyl (C=O) groups excluding carboxylic acids is 1. The number of likely N-dealkylation sites (tertiary alicyclic amines) is 1. The summed E-state index contributed by atoms with van der Waals surface area (Å²) < 4.78 is 0. The maximum absolute atomic E-state index is 12.8. The van der Waals surface area contributed by atoms with Crippen LogP contribution in [0.1, 0.15) is 44.9 Å². The van der Waals surface area contributed by atoms with Crippen LogP contribution in [0.3, 0.4) is 0 Å². The molecule has 3 atom stereocenters. The summed E-state index contributed by atoms with van der Waals surface area (Å²) in [5.74, 6) is -1.04. The molecule has 2 N–H and O–H groups in total. The van der Waals surface area contributed by atoms with Gasteiger partial charge in [0.15, 0.2) is 0 Å².